The second-order valence-electron chi connectivity index (χ2n) is 3.35. The highest BCUT2D eigenvalue weighted by atomic mass is 32.2. The Morgan fingerprint density at radius 1 is 1.00 bits per heavy atom. The molecule has 0 aromatic rings. The van der Waals surface area contributed by atoms with Crippen molar-refractivity contribution in [2.45, 2.75) is 39.0 Å². The first-order valence-electron chi connectivity index (χ1n) is 5.03. The van der Waals surface area contributed by atoms with Crippen LogP contribution in [0.4, 0.5) is 0 Å². The van der Waals surface area contributed by atoms with Crippen LogP contribution in [0.15, 0.2) is 0 Å². The Morgan fingerprint density at radius 3 is 2.15 bits per heavy atom. The highest BCUT2D eigenvalue weighted by molar-refractivity contribution is 7.91. The minimum Gasteiger partial charge on any atom is -0.329 e. The van der Waals surface area contributed by atoms with E-state index in [1.165, 1.54) is 12.8 Å². The first-order valence-corrected chi connectivity index (χ1v) is 6.85. The summed E-state index contributed by atoms with van der Waals surface area (Å²) in [6, 6.07) is 0. The van der Waals surface area contributed by atoms with Crippen molar-refractivity contribution in [3.63, 3.8) is 0 Å². The third kappa shape index (κ3) is 8.25. The molecule has 0 atom stereocenters. The van der Waals surface area contributed by atoms with Gasteiger partial charge in [0.15, 0.2) is 9.84 Å². The molecule has 0 aromatic carbocycles. The minimum atomic E-state index is -2.84. The van der Waals surface area contributed by atoms with Crippen LogP contribution in [0.5, 0.6) is 0 Å². The Bertz CT molecular complexity index is 200. The lowest BCUT2D eigenvalue weighted by molar-refractivity contribution is 0.586. The van der Waals surface area contributed by atoms with Crippen molar-refractivity contribution in [2.75, 3.05) is 18.1 Å². The molecule has 0 heterocycles. The Labute approximate surface area is 81.6 Å². The number of rotatable bonds is 8. The van der Waals surface area contributed by atoms with Gasteiger partial charge in [0.2, 0.25) is 0 Å². The Hall–Kier alpha value is -0.0900. The van der Waals surface area contributed by atoms with Crippen LogP contribution >= 0.6 is 0 Å². The molecule has 0 unspecified atom stereocenters. The molecule has 0 aliphatic carbocycles. The third-order valence-electron chi connectivity index (χ3n) is 1.99. The topological polar surface area (TPSA) is 60.2 Å². The second kappa shape index (κ2) is 7.33. The number of unbranched alkanes of at least 4 members (excludes halogenated alkanes) is 4. The van der Waals surface area contributed by atoms with Gasteiger partial charge in [-0.3, -0.25) is 0 Å². The molecule has 0 saturated heterocycles. The van der Waals surface area contributed by atoms with E-state index in [0.29, 0.717) is 5.75 Å². The molecule has 0 bridgehead atoms. The summed E-state index contributed by atoms with van der Waals surface area (Å²) < 4.78 is 22.4. The van der Waals surface area contributed by atoms with E-state index in [1.54, 1.807) is 0 Å². The average Bonchev–Trinajstić information content (AvgIpc) is 2.04. The van der Waals surface area contributed by atoms with Gasteiger partial charge >= 0.3 is 0 Å². The van der Waals surface area contributed by atoms with Crippen LogP contribution in [0.2, 0.25) is 0 Å². The Balaban J connectivity index is 3.41. The molecule has 4 heteroatoms. The molecule has 0 aliphatic rings. The van der Waals surface area contributed by atoms with Crippen LogP contribution in [-0.4, -0.2) is 26.5 Å². The van der Waals surface area contributed by atoms with Crippen LogP contribution in [0, 0.1) is 0 Å². The largest absolute Gasteiger partial charge is 0.329 e. The molecule has 3 nitrogen and oxygen atoms in total. The van der Waals surface area contributed by atoms with Crippen LogP contribution in [0.3, 0.4) is 0 Å². The standard InChI is InChI=1S/C9H21NO2S/c1-2-3-4-5-6-8-13(11,12)9-7-10/h2-10H2,1H3. The van der Waals surface area contributed by atoms with Gasteiger partial charge in [-0.15, -0.1) is 0 Å². The van der Waals surface area contributed by atoms with Gasteiger partial charge < -0.3 is 5.73 Å². The van der Waals surface area contributed by atoms with Crippen molar-refractivity contribution in [3.8, 4) is 0 Å². The molecule has 80 valence electrons. The van der Waals surface area contributed by atoms with Crippen LogP contribution in [-0.2, 0) is 9.84 Å². The van der Waals surface area contributed by atoms with E-state index in [2.05, 4.69) is 6.92 Å². The molecule has 0 spiro atoms. The Kier molecular flexibility index (Phi) is 7.28. The summed E-state index contributed by atoms with van der Waals surface area (Å²) in [7, 11) is -2.84. The van der Waals surface area contributed by atoms with Crippen LogP contribution in [0.25, 0.3) is 0 Å². The zero-order valence-corrected chi connectivity index (χ0v) is 9.28. The summed E-state index contributed by atoms with van der Waals surface area (Å²) >= 11 is 0. The smallest absolute Gasteiger partial charge is 0.151 e. The average molecular weight is 207 g/mol. The van der Waals surface area contributed by atoms with Gasteiger partial charge in [-0.1, -0.05) is 32.6 Å². The molecule has 0 aliphatic heterocycles. The van der Waals surface area contributed by atoms with Crippen LogP contribution in [0.1, 0.15) is 39.0 Å². The van der Waals surface area contributed by atoms with Crippen molar-refractivity contribution < 1.29 is 8.42 Å². The first-order chi connectivity index (χ1) is 6.12. The maximum Gasteiger partial charge on any atom is 0.151 e. The van der Waals surface area contributed by atoms with Gasteiger partial charge in [0, 0.05) is 6.54 Å². The van der Waals surface area contributed by atoms with Crippen molar-refractivity contribution in [3.05, 3.63) is 0 Å². The van der Waals surface area contributed by atoms with Crippen molar-refractivity contribution in [1.82, 2.24) is 0 Å². The fourth-order valence-corrected chi connectivity index (χ4v) is 2.41. The quantitative estimate of drug-likeness (QED) is 0.611. The van der Waals surface area contributed by atoms with Gasteiger partial charge in [-0.05, 0) is 6.42 Å². The molecular formula is C9H21NO2S. The summed E-state index contributed by atoms with van der Waals surface area (Å²) in [6.07, 6.45) is 5.36. The maximum atomic E-state index is 11.2. The molecule has 0 rings (SSSR count). The molecule has 0 aromatic heterocycles. The van der Waals surface area contributed by atoms with Crippen molar-refractivity contribution >= 4 is 9.84 Å². The summed E-state index contributed by atoms with van der Waals surface area (Å²) in [6.45, 7) is 2.39. The first kappa shape index (κ1) is 12.9. The van der Waals surface area contributed by atoms with Crippen molar-refractivity contribution in [1.29, 1.82) is 0 Å². The molecule has 0 saturated carbocycles. The number of nitrogens with two attached hydrogens (primary N) is 1. The second-order valence-corrected chi connectivity index (χ2v) is 5.66. The van der Waals surface area contributed by atoms with Crippen LogP contribution < -0.4 is 5.73 Å². The normalized spacial score (nSPS) is 11.8. The fourth-order valence-electron chi connectivity index (χ4n) is 1.21. The predicted octanol–water partition coefficient (Wildman–Crippen LogP) is 1.33. The highest BCUT2D eigenvalue weighted by Crippen LogP contribution is 2.04. The molecule has 2 N–H and O–H groups in total. The lowest BCUT2D eigenvalue weighted by atomic mass is 10.2. The van der Waals surface area contributed by atoms with E-state index in [4.69, 9.17) is 5.73 Å². The lowest BCUT2D eigenvalue weighted by Crippen LogP contribution is -2.18. The third-order valence-corrected chi connectivity index (χ3v) is 3.76. The predicted molar refractivity (Wildman–Crippen MR) is 56.5 cm³/mol. The Morgan fingerprint density at radius 2 is 1.62 bits per heavy atom. The van der Waals surface area contributed by atoms with E-state index < -0.39 is 9.84 Å². The van der Waals surface area contributed by atoms with E-state index in [0.717, 1.165) is 19.3 Å². The van der Waals surface area contributed by atoms with Gasteiger partial charge in [-0.2, -0.15) is 0 Å². The van der Waals surface area contributed by atoms with Gasteiger partial charge in [0.05, 0.1) is 11.5 Å². The minimum absolute atomic E-state index is 0.140. The van der Waals surface area contributed by atoms with E-state index in [-0.39, 0.29) is 12.3 Å². The SMILES string of the molecule is CCCCCCCS(=O)(=O)CCN. The number of hydrogen-bond acceptors (Lipinski definition) is 3. The molecule has 0 fully saturated rings. The fraction of sp³-hybridized carbons (Fsp3) is 1.00. The van der Waals surface area contributed by atoms with E-state index in [1.807, 2.05) is 0 Å². The van der Waals surface area contributed by atoms with Gasteiger partial charge in [0.25, 0.3) is 0 Å². The molecule has 13 heavy (non-hydrogen) atoms. The zero-order valence-electron chi connectivity index (χ0n) is 8.46. The summed E-state index contributed by atoms with van der Waals surface area (Å²) in [5, 5.41) is 0. The van der Waals surface area contributed by atoms with E-state index >= 15 is 0 Å². The van der Waals surface area contributed by atoms with E-state index in [9.17, 15) is 8.42 Å². The molecule has 0 radical (unpaired) electrons. The monoisotopic (exact) mass is 207 g/mol. The summed E-state index contributed by atoms with van der Waals surface area (Å²) in [4.78, 5) is 0. The number of sulfone groups is 1. The maximum absolute atomic E-state index is 11.2. The molecule has 0 amide bonds. The van der Waals surface area contributed by atoms with Gasteiger partial charge in [0.1, 0.15) is 0 Å². The summed E-state index contributed by atoms with van der Waals surface area (Å²) in [5.41, 5.74) is 5.19. The van der Waals surface area contributed by atoms with Gasteiger partial charge in [-0.25, -0.2) is 8.42 Å². The lowest BCUT2D eigenvalue weighted by Gasteiger charge is -2.01. The number of hydrogen-bond donors (Lipinski definition) is 1. The van der Waals surface area contributed by atoms with Crippen molar-refractivity contribution in [2.24, 2.45) is 5.73 Å². The summed E-state index contributed by atoms with van der Waals surface area (Å²) in [5.74, 6) is 0.453. The highest BCUT2D eigenvalue weighted by Gasteiger charge is 2.07. The molecular weight excluding hydrogens is 186 g/mol. The zero-order chi connectivity index (χ0) is 10.2.